The number of carboxylic acids is 1. The molecule has 0 radical (unpaired) electrons. The van der Waals surface area contributed by atoms with Crippen LogP contribution in [0.15, 0.2) is 6.07 Å². The Hall–Kier alpha value is -1.65. The van der Waals surface area contributed by atoms with Crippen molar-refractivity contribution < 1.29 is 14.7 Å². The number of aromatic amines is 1. The number of carbonyl (C=O) groups excluding carboxylic acids is 1. The zero-order chi connectivity index (χ0) is 9.14. The zero-order valence-electron chi connectivity index (χ0n) is 6.50. The Labute approximate surface area is 68.4 Å². The van der Waals surface area contributed by atoms with E-state index in [1.807, 2.05) is 0 Å². The molecular weight excluding hydrogens is 160 g/mol. The molecule has 0 saturated heterocycles. The Bertz CT molecular complexity index is 316. The lowest BCUT2D eigenvalue weighted by atomic mass is 10.2. The molecule has 0 amide bonds. The summed E-state index contributed by atoms with van der Waals surface area (Å²) < 4.78 is 0. The van der Waals surface area contributed by atoms with Gasteiger partial charge in [0, 0.05) is 12.1 Å². The number of carbonyl (C=O) groups is 2. The predicted molar refractivity (Wildman–Crippen MR) is 39.9 cm³/mol. The number of carboxylic acid groups (broad SMARTS) is 1. The molecule has 2 N–H and O–H groups in total. The number of aromatic nitrogens is 2. The molecule has 1 aromatic heterocycles. The van der Waals surface area contributed by atoms with Gasteiger partial charge >= 0.3 is 5.97 Å². The van der Waals surface area contributed by atoms with Crippen molar-refractivity contribution in [2.24, 2.45) is 0 Å². The lowest BCUT2D eigenvalue weighted by Crippen LogP contribution is -1.96. The normalized spacial score (nSPS) is 9.75. The first-order valence-corrected chi connectivity index (χ1v) is 3.36. The van der Waals surface area contributed by atoms with Gasteiger partial charge in [0.2, 0.25) is 0 Å². The fourth-order valence-electron chi connectivity index (χ4n) is 0.830. The highest BCUT2D eigenvalue weighted by Gasteiger charge is 2.08. The van der Waals surface area contributed by atoms with Gasteiger partial charge in [-0.25, -0.2) is 4.79 Å². The van der Waals surface area contributed by atoms with Gasteiger partial charge in [-0.05, 0) is 13.0 Å². The molecule has 0 spiro atoms. The van der Waals surface area contributed by atoms with Crippen LogP contribution in [-0.2, 0) is 11.2 Å². The molecule has 1 heterocycles. The summed E-state index contributed by atoms with van der Waals surface area (Å²) in [5.74, 6) is -1.13. The van der Waals surface area contributed by atoms with Gasteiger partial charge in [0.1, 0.15) is 5.78 Å². The van der Waals surface area contributed by atoms with E-state index in [0.717, 1.165) is 0 Å². The minimum absolute atomic E-state index is 0.0319. The van der Waals surface area contributed by atoms with Crippen molar-refractivity contribution in [2.45, 2.75) is 13.3 Å². The summed E-state index contributed by atoms with van der Waals surface area (Å²) >= 11 is 0. The third-order valence-corrected chi connectivity index (χ3v) is 1.29. The first kappa shape index (κ1) is 8.45. The Morgan fingerprint density at radius 2 is 2.33 bits per heavy atom. The number of ketones is 1. The van der Waals surface area contributed by atoms with Gasteiger partial charge in [0.05, 0.1) is 0 Å². The second kappa shape index (κ2) is 3.17. The van der Waals surface area contributed by atoms with E-state index < -0.39 is 5.97 Å². The molecule has 0 atom stereocenters. The molecule has 1 aromatic rings. The fourth-order valence-corrected chi connectivity index (χ4v) is 0.830. The maximum atomic E-state index is 10.6. The first-order valence-electron chi connectivity index (χ1n) is 3.36. The number of hydrogen-bond donors (Lipinski definition) is 2. The van der Waals surface area contributed by atoms with Crippen LogP contribution in [0.3, 0.4) is 0 Å². The Morgan fingerprint density at radius 3 is 2.75 bits per heavy atom. The zero-order valence-corrected chi connectivity index (χ0v) is 6.50. The van der Waals surface area contributed by atoms with Crippen molar-refractivity contribution in [3.05, 3.63) is 17.5 Å². The second-order valence-corrected chi connectivity index (χ2v) is 2.46. The maximum absolute atomic E-state index is 10.6. The van der Waals surface area contributed by atoms with E-state index in [9.17, 15) is 9.59 Å². The summed E-state index contributed by atoms with van der Waals surface area (Å²) in [6.45, 7) is 1.43. The quantitative estimate of drug-likeness (QED) is 0.677. The molecule has 5 nitrogen and oxygen atoms in total. The van der Waals surface area contributed by atoms with Crippen LogP contribution in [0.4, 0.5) is 0 Å². The van der Waals surface area contributed by atoms with Gasteiger partial charge < -0.3 is 5.11 Å². The lowest BCUT2D eigenvalue weighted by Gasteiger charge is -1.86. The molecule has 0 unspecified atom stereocenters. The van der Waals surface area contributed by atoms with E-state index in [4.69, 9.17) is 5.11 Å². The van der Waals surface area contributed by atoms with Crippen LogP contribution >= 0.6 is 0 Å². The van der Waals surface area contributed by atoms with Crippen LogP contribution in [0.2, 0.25) is 0 Å². The van der Waals surface area contributed by atoms with Crippen LogP contribution in [0, 0.1) is 0 Å². The van der Waals surface area contributed by atoms with Gasteiger partial charge in [-0.3, -0.25) is 9.89 Å². The Morgan fingerprint density at radius 1 is 1.67 bits per heavy atom. The fraction of sp³-hybridized carbons (Fsp3) is 0.286. The standard InChI is InChI=1S/C7H8N2O3/c1-4(10)2-5-3-6(7(11)12)9-8-5/h3H,2H2,1H3,(H,8,9)(H,11,12). The van der Waals surface area contributed by atoms with Gasteiger partial charge in [-0.2, -0.15) is 5.10 Å². The van der Waals surface area contributed by atoms with Gasteiger partial charge in [0.25, 0.3) is 0 Å². The average Bonchev–Trinajstić information content (AvgIpc) is 2.34. The highest BCUT2D eigenvalue weighted by atomic mass is 16.4. The summed E-state index contributed by atoms with van der Waals surface area (Å²) in [5.41, 5.74) is 0.464. The number of H-pyrrole nitrogens is 1. The highest BCUT2D eigenvalue weighted by Crippen LogP contribution is 2.00. The predicted octanol–water partition coefficient (Wildman–Crippen LogP) is 0.239. The number of rotatable bonds is 3. The van der Waals surface area contributed by atoms with Crippen LogP contribution in [0.5, 0.6) is 0 Å². The van der Waals surface area contributed by atoms with E-state index in [-0.39, 0.29) is 17.9 Å². The summed E-state index contributed by atoms with van der Waals surface area (Å²) in [5, 5.41) is 14.4. The van der Waals surface area contributed by atoms with E-state index >= 15 is 0 Å². The van der Waals surface area contributed by atoms with Crippen molar-refractivity contribution in [3.63, 3.8) is 0 Å². The van der Waals surface area contributed by atoms with E-state index in [2.05, 4.69) is 10.2 Å². The number of Topliss-reactive ketones (excluding diaryl/α,β-unsaturated/α-hetero) is 1. The molecular formula is C7H8N2O3. The van der Waals surface area contributed by atoms with Crippen LogP contribution < -0.4 is 0 Å². The maximum Gasteiger partial charge on any atom is 0.356 e. The van der Waals surface area contributed by atoms with Crippen molar-refractivity contribution in [1.29, 1.82) is 0 Å². The van der Waals surface area contributed by atoms with Crippen molar-refractivity contribution >= 4 is 11.8 Å². The molecule has 5 heteroatoms. The van der Waals surface area contributed by atoms with E-state index in [1.165, 1.54) is 13.0 Å². The molecule has 0 fully saturated rings. The summed E-state index contributed by atoms with van der Waals surface area (Å²) in [7, 11) is 0. The lowest BCUT2D eigenvalue weighted by molar-refractivity contribution is -0.116. The molecule has 64 valence electrons. The molecule has 12 heavy (non-hydrogen) atoms. The number of aromatic carboxylic acids is 1. The number of nitrogens with one attached hydrogen (secondary N) is 1. The van der Waals surface area contributed by atoms with Gasteiger partial charge in [-0.15, -0.1) is 0 Å². The van der Waals surface area contributed by atoms with Crippen molar-refractivity contribution in [3.8, 4) is 0 Å². The molecule has 0 aliphatic heterocycles. The molecule has 0 aromatic carbocycles. The first-order chi connectivity index (χ1) is 5.59. The molecule has 0 saturated carbocycles. The minimum Gasteiger partial charge on any atom is -0.476 e. The molecule has 0 bridgehead atoms. The third-order valence-electron chi connectivity index (χ3n) is 1.29. The van der Waals surface area contributed by atoms with Crippen LogP contribution in [-0.4, -0.2) is 27.1 Å². The van der Waals surface area contributed by atoms with Gasteiger partial charge in [0.15, 0.2) is 5.69 Å². The summed E-state index contributed by atoms with van der Waals surface area (Å²) in [6, 6.07) is 1.35. The van der Waals surface area contributed by atoms with Crippen LogP contribution in [0.25, 0.3) is 0 Å². The number of nitrogens with zero attached hydrogens (tertiary/aromatic N) is 1. The van der Waals surface area contributed by atoms with Crippen molar-refractivity contribution in [2.75, 3.05) is 0 Å². The van der Waals surface area contributed by atoms with Gasteiger partial charge in [-0.1, -0.05) is 0 Å². The number of hydrogen-bond acceptors (Lipinski definition) is 3. The minimum atomic E-state index is -1.10. The topological polar surface area (TPSA) is 83.1 Å². The second-order valence-electron chi connectivity index (χ2n) is 2.46. The Kier molecular flexibility index (Phi) is 2.23. The van der Waals surface area contributed by atoms with Crippen molar-refractivity contribution in [1.82, 2.24) is 10.2 Å². The summed E-state index contributed by atoms with van der Waals surface area (Å²) in [4.78, 5) is 20.9. The molecule has 0 aliphatic rings. The largest absolute Gasteiger partial charge is 0.476 e. The summed E-state index contributed by atoms with van der Waals surface area (Å²) in [6.07, 6.45) is 0.195. The van der Waals surface area contributed by atoms with E-state index in [0.29, 0.717) is 5.69 Å². The SMILES string of the molecule is CC(=O)Cc1cc(C(=O)O)n[nH]1. The molecule has 1 rings (SSSR count). The monoisotopic (exact) mass is 168 g/mol. The highest BCUT2D eigenvalue weighted by molar-refractivity contribution is 5.86. The Balaban J connectivity index is 2.77. The smallest absolute Gasteiger partial charge is 0.356 e. The third kappa shape index (κ3) is 1.91. The van der Waals surface area contributed by atoms with Crippen LogP contribution in [0.1, 0.15) is 23.1 Å². The molecule has 0 aliphatic carbocycles. The van der Waals surface area contributed by atoms with E-state index in [1.54, 1.807) is 0 Å². The average molecular weight is 168 g/mol.